The molecule has 15 heavy (non-hydrogen) atoms. The molecule has 0 aliphatic heterocycles. The minimum Gasteiger partial charge on any atom is -0.273 e. The Morgan fingerprint density at radius 1 is 1.60 bits per heavy atom. The van der Waals surface area contributed by atoms with Crippen LogP contribution in [0.5, 0.6) is 0 Å². The van der Waals surface area contributed by atoms with E-state index < -0.39 is 0 Å². The number of halogens is 1. The molecule has 0 aromatic carbocycles. The van der Waals surface area contributed by atoms with Gasteiger partial charge in [0.1, 0.15) is 0 Å². The molecule has 1 heterocycles. The molecule has 2 nitrogen and oxygen atoms in total. The topological polar surface area (TPSA) is 17.8 Å². The molecule has 1 unspecified atom stereocenters. The predicted octanol–water partition coefficient (Wildman–Crippen LogP) is 3.16. The second kappa shape index (κ2) is 4.28. The van der Waals surface area contributed by atoms with E-state index in [-0.39, 0.29) is 0 Å². The maximum atomic E-state index is 4.21. The van der Waals surface area contributed by atoms with E-state index in [1.807, 2.05) is 17.9 Å². The summed E-state index contributed by atoms with van der Waals surface area (Å²) < 4.78 is 1.99. The quantitative estimate of drug-likeness (QED) is 0.752. The summed E-state index contributed by atoms with van der Waals surface area (Å²) in [5.41, 5.74) is 1.84. The smallest absolute Gasteiger partial charge is 0.0492 e. The molecule has 1 aliphatic carbocycles. The van der Waals surface area contributed by atoms with E-state index in [1.54, 1.807) is 0 Å². The molecular formula is C12H19BrN2. The number of aryl methyl sites for hydroxylation is 2. The van der Waals surface area contributed by atoms with E-state index >= 15 is 0 Å². The highest BCUT2D eigenvalue weighted by atomic mass is 79.9. The first-order valence-electron chi connectivity index (χ1n) is 5.68. The number of hydrogen-bond donors (Lipinski definition) is 0. The lowest BCUT2D eigenvalue weighted by atomic mass is 9.82. The standard InChI is InChI=1S/C12H19BrN2/c1-12(9-13,10-3-4-10)7-5-11-6-8-14-15(11)2/h6,8,10H,3-5,7,9H2,1-2H3. The lowest BCUT2D eigenvalue weighted by Gasteiger charge is -2.27. The second-order valence-corrected chi connectivity index (χ2v) is 5.57. The summed E-state index contributed by atoms with van der Waals surface area (Å²) in [6, 6.07) is 2.13. The van der Waals surface area contributed by atoms with E-state index in [4.69, 9.17) is 0 Å². The van der Waals surface area contributed by atoms with Crippen LogP contribution in [0.4, 0.5) is 0 Å². The summed E-state index contributed by atoms with van der Waals surface area (Å²) in [6.45, 7) is 2.41. The van der Waals surface area contributed by atoms with E-state index in [9.17, 15) is 0 Å². The molecule has 2 rings (SSSR count). The van der Waals surface area contributed by atoms with Crippen LogP contribution in [0.25, 0.3) is 0 Å². The Kier molecular flexibility index (Phi) is 3.19. The third kappa shape index (κ3) is 2.44. The summed E-state index contributed by atoms with van der Waals surface area (Å²) in [4.78, 5) is 0. The van der Waals surface area contributed by atoms with Crippen molar-refractivity contribution in [3.63, 3.8) is 0 Å². The average Bonchev–Trinajstić information content (AvgIpc) is 3.01. The van der Waals surface area contributed by atoms with Crippen LogP contribution in [0.15, 0.2) is 12.3 Å². The minimum absolute atomic E-state index is 0.490. The van der Waals surface area contributed by atoms with Crippen molar-refractivity contribution in [3.8, 4) is 0 Å². The fourth-order valence-corrected chi connectivity index (χ4v) is 2.96. The van der Waals surface area contributed by atoms with E-state index in [1.165, 1.54) is 25.0 Å². The molecule has 1 aromatic rings. The molecule has 0 bridgehead atoms. The molecule has 1 atom stereocenters. The predicted molar refractivity (Wildman–Crippen MR) is 66.2 cm³/mol. The van der Waals surface area contributed by atoms with Gasteiger partial charge in [0.2, 0.25) is 0 Å². The van der Waals surface area contributed by atoms with Crippen molar-refractivity contribution in [2.24, 2.45) is 18.4 Å². The van der Waals surface area contributed by atoms with Crippen LogP contribution in [-0.4, -0.2) is 15.1 Å². The van der Waals surface area contributed by atoms with Crippen LogP contribution in [0.1, 0.15) is 31.9 Å². The number of alkyl halides is 1. The van der Waals surface area contributed by atoms with Crippen molar-refractivity contribution in [1.82, 2.24) is 9.78 Å². The molecule has 1 saturated carbocycles. The Hall–Kier alpha value is -0.310. The van der Waals surface area contributed by atoms with Gasteiger partial charge in [0.05, 0.1) is 0 Å². The van der Waals surface area contributed by atoms with Gasteiger partial charge in [-0.05, 0) is 43.1 Å². The Labute approximate surface area is 100 Å². The summed E-state index contributed by atoms with van der Waals surface area (Å²) in [5, 5.41) is 5.34. The van der Waals surface area contributed by atoms with Crippen molar-refractivity contribution in [2.45, 2.75) is 32.6 Å². The summed E-state index contributed by atoms with van der Waals surface area (Å²) in [6.07, 6.45) is 7.15. The van der Waals surface area contributed by atoms with Gasteiger partial charge in [-0.2, -0.15) is 5.10 Å². The van der Waals surface area contributed by atoms with Crippen molar-refractivity contribution < 1.29 is 0 Å². The van der Waals surface area contributed by atoms with Crippen LogP contribution in [-0.2, 0) is 13.5 Å². The molecule has 0 amide bonds. The van der Waals surface area contributed by atoms with Gasteiger partial charge in [0.15, 0.2) is 0 Å². The van der Waals surface area contributed by atoms with Gasteiger partial charge in [-0.3, -0.25) is 4.68 Å². The van der Waals surface area contributed by atoms with E-state index in [0.29, 0.717) is 5.41 Å². The summed E-state index contributed by atoms with van der Waals surface area (Å²) in [7, 11) is 2.03. The number of rotatable bonds is 5. The van der Waals surface area contributed by atoms with Gasteiger partial charge in [0, 0.05) is 24.3 Å². The van der Waals surface area contributed by atoms with Gasteiger partial charge < -0.3 is 0 Å². The molecule has 84 valence electrons. The lowest BCUT2D eigenvalue weighted by Crippen LogP contribution is -2.22. The molecule has 1 aliphatic rings. The lowest BCUT2D eigenvalue weighted by molar-refractivity contribution is 0.292. The third-order valence-electron chi connectivity index (χ3n) is 3.74. The Morgan fingerprint density at radius 3 is 2.80 bits per heavy atom. The third-order valence-corrected chi connectivity index (χ3v) is 5.02. The Bertz CT molecular complexity index is 330. The molecule has 1 fully saturated rings. The van der Waals surface area contributed by atoms with Gasteiger partial charge >= 0.3 is 0 Å². The largest absolute Gasteiger partial charge is 0.273 e. The van der Waals surface area contributed by atoms with Crippen LogP contribution >= 0.6 is 15.9 Å². The van der Waals surface area contributed by atoms with Crippen LogP contribution in [0.3, 0.4) is 0 Å². The minimum atomic E-state index is 0.490. The first-order chi connectivity index (χ1) is 7.15. The van der Waals surface area contributed by atoms with Crippen molar-refractivity contribution >= 4 is 15.9 Å². The van der Waals surface area contributed by atoms with Crippen molar-refractivity contribution in [1.29, 1.82) is 0 Å². The molecule has 1 aromatic heterocycles. The molecule has 0 N–H and O–H groups in total. The second-order valence-electron chi connectivity index (χ2n) is 5.01. The molecule has 3 heteroatoms. The summed E-state index contributed by atoms with van der Waals surface area (Å²) >= 11 is 3.67. The number of aromatic nitrogens is 2. The summed E-state index contributed by atoms with van der Waals surface area (Å²) in [5.74, 6) is 0.949. The average molecular weight is 271 g/mol. The maximum absolute atomic E-state index is 4.21. The maximum Gasteiger partial charge on any atom is 0.0492 e. The van der Waals surface area contributed by atoms with Crippen LogP contribution in [0.2, 0.25) is 0 Å². The zero-order chi connectivity index (χ0) is 10.9. The van der Waals surface area contributed by atoms with Gasteiger partial charge in [-0.15, -0.1) is 0 Å². The SMILES string of the molecule is Cn1nccc1CCC(C)(CBr)C1CC1. The van der Waals surface area contributed by atoms with E-state index in [0.717, 1.165) is 17.7 Å². The normalized spacial score (nSPS) is 20.2. The molecule has 0 spiro atoms. The highest BCUT2D eigenvalue weighted by Crippen LogP contribution is 2.48. The molecule has 0 saturated heterocycles. The zero-order valence-electron chi connectivity index (χ0n) is 9.54. The van der Waals surface area contributed by atoms with Crippen LogP contribution in [0, 0.1) is 11.3 Å². The fraction of sp³-hybridized carbons (Fsp3) is 0.750. The molecular weight excluding hydrogens is 252 g/mol. The molecule has 0 radical (unpaired) electrons. The number of nitrogens with zero attached hydrogens (tertiary/aromatic N) is 2. The Morgan fingerprint density at radius 2 is 2.33 bits per heavy atom. The van der Waals surface area contributed by atoms with Gasteiger partial charge in [-0.25, -0.2) is 0 Å². The Balaban J connectivity index is 1.94. The monoisotopic (exact) mass is 270 g/mol. The van der Waals surface area contributed by atoms with Crippen LogP contribution < -0.4 is 0 Å². The first kappa shape index (κ1) is 11.2. The number of hydrogen-bond acceptors (Lipinski definition) is 1. The van der Waals surface area contributed by atoms with E-state index in [2.05, 4.69) is 34.0 Å². The fourth-order valence-electron chi connectivity index (χ4n) is 2.22. The highest BCUT2D eigenvalue weighted by Gasteiger charge is 2.40. The van der Waals surface area contributed by atoms with Crippen molar-refractivity contribution in [2.75, 3.05) is 5.33 Å². The zero-order valence-corrected chi connectivity index (χ0v) is 11.1. The van der Waals surface area contributed by atoms with Gasteiger partial charge in [-0.1, -0.05) is 22.9 Å². The highest BCUT2D eigenvalue weighted by molar-refractivity contribution is 9.09. The van der Waals surface area contributed by atoms with Gasteiger partial charge in [0.25, 0.3) is 0 Å². The first-order valence-corrected chi connectivity index (χ1v) is 6.81. The van der Waals surface area contributed by atoms with Crippen molar-refractivity contribution in [3.05, 3.63) is 18.0 Å².